The summed E-state index contributed by atoms with van der Waals surface area (Å²) in [4.78, 5) is 13.1. The van der Waals surface area contributed by atoms with Gasteiger partial charge in [0.2, 0.25) is 0 Å². The Morgan fingerprint density at radius 3 is 2.71 bits per heavy atom. The van der Waals surface area contributed by atoms with Gasteiger partial charge in [-0.3, -0.25) is 4.79 Å². The number of halogens is 1. The first-order valence-corrected chi connectivity index (χ1v) is 10.4. The molecule has 1 atom stereocenters. The summed E-state index contributed by atoms with van der Waals surface area (Å²) >= 11 is 6.64. The molecule has 1 amide bonds. The lowest BCUT2D eigenvalue weighted by Gasteiger charge is -2.25. The number of hydrogen-bond donors (Lipinski definition) is 1. The average molecular weight is 398 g/mol. The first kappa shape index (κ1) is 20.6. The average Bonchev–Trinajstić information content (AvgIpc) is 2.78. The zero-order valence-corrected chi connectivity index (χ0v) is 18.1. The standard InChI is InChI=1S/C24H28ClNO2/c1-6-8-16-11-15(5)21(19(25)12-16)22-20-10-9-17(7-2)18(13-26-24(22)27)23(28-20)14(3)4/h11-12,14,17H,7,9-10,13H2,1-5H3,(H,26,27)/b22-20+. The van der Waals surface area contributed by atoms with Crippen LogP contribution in [0.1, 0.15) is 63.6 Å². The van der Waals surface area contributed by atoms with Gasteiger partial charge in [-0.05, 0) is 55.9 Å². The Morgan fingerprint density at radius 2 is 2.11 bits per heavy atom. The summed E-state index contributed by atoms with van der Waals surface area (Å²) in [5, 5.41) is 3.66. The normalized spacial score (nSPS) is 22.1. The summed E-state index contributed by atoms with van der Waals surface area (Å²) in [6.07, 6.45) is 2.75. The molecule has 1 unspecified atom stereocenters. The van der Waals surface area contributed by atoms with Crippen LogP contribution in [0.5, 0.6) is 0 Å². The van der Waals surface area contributed by atoms with Crippen molar-refractivity contribution in [3.63, 3.8) is 0 Å². The van der Waals surface area contributed by atoms with E-state index in [0.717, 1.165) is 47.5 Å². The Bertz CT molecular complexity index is 905. The molecule has 2 aliphatic rings. The third-order valence-corrected chi connectivity index (χ3v) is 5.83. The fraction of sp³-hybridized carbons (Fsp3) is 0.458. The van der Waals surface area contributed by atoms with E-state index in [1.165, 1.54) is 5.57 Å². The molecule has 0 spiro atoms. The van der Waals surface area contributed by atoms with Gasteiger partial charge in [0, 0.05) is 30.0 Å². The van der Waals surface area contributed by atoms with Crippen molar-refractivity contribution in [2.45, 2.75) is 53.9 Å². The zero-order chi connectivity index (χ0) is 20.4. The highest BCUT2D eigenvalue weighted by Crippen LogP contribution is 2.41. The van der Waals surface area contributed by atoms with Crippen LogP contribution in [0, 0.1) is 30.6 Å². The maximum atomic E-state index is 13.1. The van der Waals surface area contributed by atoms with Crippen LogP contribution in [-0.2, 0) is 9.53 Å². The second-order valence-electron chi connectivity index (χ2n) is 7.80. The van der Waals surface area contributed by atoms with E-state index < -0.39 is 0 Å². The van der Waals surface area contributed by atoms with Crippen LogP contribution in [0.3, 0.4) is 0 Å². The number of fused-ring (bicyclic) bond motifs is 2. The van der Waals surface area contributed by atoms with Gasteiger partial charge in [0.1, 0.15) is 11.5 Å². The number of carbonyl (C=O) groups excluding carboxylic acids is 1. The molecule has 0 saturated heterocycles. The van der Waals surface area contributed by atoms with Crippen LogP contribution in [0.25, 0.3) is 5.57 Å². The predicted octanol–water partition coefficient (Wildman–Crippen LogP) is 5.61. The maximum absolute atomic E-state index is 13.1. The molecule has 3 nitrogen and oxygen atoms in total. The summed E-state index contributed by atoms with van der Waals surface area (Å²) < 4.78 is 6.45. The minimum Gasteiger partial charge on any atom is -0.465 e. The lowest BCUT2D eigenvalue weighted by Crippen LogP contribution is -2.31. The molecule has 0 fully saturated rings. The number of benzene rings is 1. The van der Waals surface area contributed by atoms with Crippen molar-refractivity contribution in [3.05, 3.63) is 50.9 Å². The van der Waals surface area contributed by atoms with Crippen LogP contribution in [-0.4, -0.2) is 12.5 Å². The molecule has 2 aliphatic heterocycles. The molecule has 3 rings (SSSR count). The quantitative estimate of drug-likeness (QED) is 0.673. The van der Waals surface area contributed by atoms with E-state index in [0.29, 0.717) is 23.1 Å². The highest BCUT2D eigenvalue weighted by molar-refractivity contribution is 6.35. The first-order chi connectivity index (χ1) is 13.4. The van der Waals surface area contributed by atoms with E-state index in [2.05, 4.69) is 37.9 Å². The SMILES string of the molecule is CC#Cc1cc(C)c(/C2=C3/CCC(CC)C(=C(C(C)C)O3)CNC2=O)c(Cl)c1. The molecule has 2 heterocycles. The van der Waals surface area contributed by atoms with E-state index in [-0.39, 0.29) is 11.8 Å². The first-order valence-electron chi connectivity index (χ1n) is 10.0. The Balaban J connectivity index is 2.22. The fourth-order valence-electron chi connectivity index (χ4n) is 4.20. The van der Waals surface area contributed by atoms with Gasteiger partial charge >= 0.3 is 0 Å². The molecule has 0 aromatic heterocycles. The van der Waals surface area contributed by atoms with Gasteiger partial charge in [0.05, 0.1) is 10.6 Å². The monoisotopic (exact) mass is 397 g/mol. The topological polar surface area (TPSA) is 38.3 Å². The van der Waals surface area contributed by atoms with Crippen LogP contribution in [0.2, 0.25) is 5.02 Å². The van der Waals surface area contributed by atoms with Gasteiger partial charge in [-0.1, -0.05) is 38.3 Å². The van der Waals surface area contributed by atoms with Gasteiger partial charge in [-0.15, -0.1) is 5.92 Å². The van der Waals surface area contributed by atoms with Crippen molar-refractivity contribution in [3.8, 4) is 11.8 Å². The minimum absolute atomic E-state index is 0.119. The van der Waals surface area contributed by atoms with Gasteiger partial charge in [-0.2, -0.15) is 0 Å². The Labute approximate surface area is 173 Å². The molecule has 28 heavy (non-hydrogen) atoms. The number of hydrogen-bond acceptors (Lipinski definition) is 2. The molecule has 4 heteroatoms. The number of ether oxygens (including phenoxy) is 1. The van der Waals surface area contributed by atoms with Crippen molar-refractivity contribution in [1.29, 1.82) is 0 Å². The maximum Gasteiger partial charge on any atom is 0.255 e. The van der Waals surface area contributed by atoms with Crippen LogP contribution >= 0.6 is 11.6 Å². The third kappa shape index (κ3) is 3.84. The van der Waals surface area contributed by atoms with Crippen molar-refractivity contribution in [2.24, 2.45) is 11.8 Å². The summed E-state index contributed by atoms with van der Waals surface area (Å²) in [6.45, 7) is 10.8. The van der Waals surface area contributed by atoms with E-state index in [4.69, 9.17) is 16.3 Å². The van der Waals surface area contributed by atoms with E-state index >= 15 is 0 Å². The summed E-state index contributed by atoms with van der Waals surface area (Å²) in [5.74, 6) is 8.23. The van der Waals surface area contributed by atoms with Gasteiger partial charge < -0.3 is 10.1 Å². The molecule has 148 valence electrons. The van der Waals surface area contributed by atoms with Crippen LogP contribution in [0.4, 0.5) is 0 Å². The molecular weight excluding hydrogens is 370 g/mol. The predicted molar refractivity (Wildman–Crippen MR) is 115 cm³/mol. The van der Waals surface area contributed by atoms with E-state index in [1.807, 2.05) is 19.1 Å². The largest absolute Gasteiger partial charge is 0.465 e. The number of rotatable bonds is 3. The smallest absolute Gasteiger partial charge is 0.255 e. The number of allylic oxidation sites excluding steroid dienone is 2. The summed E-state index contributed by atoms with van der Waals surface area (Å²) in [7, 11) is 0. The van der Waals surface area contributed by atoms with Crippen molar-refractivity contribution >= 4 is 23.1 Å². The number of nitrogens with one attached hydrogen (secondary N) is 1. The van der Waals surface area contributed by atoms with Gasteiger partial charge in [0.25, 0.3) is 5.91 Å². The van der Waals surface area contributed by atoms with Crippen molar-refractivity contribution in [1.82, 2.24) is 5.32 Å². The summed E-state index contributed by atoms with van der Waals surface area (Å²) in [5.41, 5.74) is 4.32. The highest BCUT2D eigenvalue weighted by atomic mass is 35.5. The van der Waals surface area contributed by atoms with E-state index in [1.54, 1.807) is 6.92 Å². The zero-order valence-electron chi connectivity index (χ0n) is 17.3. The molecule has 2 bridgehead atoms. The Hall–Kier alpha value is -2.18. The molecule has 0 saturated carbocycles. The lowest BCUT2D eigenvalue weighted by molar-refractivity contribution is -0.115. The van der Waals surface area contributed by atoms with Crippen LogP contribution < -0.4 is 5.32 Å². The second-order valence-corrected chi connectivity index (χ2v) is 8.20. The Kier molecular flexibility index (Phi) is 6.20. The molecule has 1 N–H and O–H groups in total. The molecule has 1 aromatic carbocycles. The fourth-order valence-corrected chi connectivity index (χ4v) is 4.56. The highest BCUT2D eigenvalue weighted by Gasteiger charge is 2.33. The molecule has 0 aliphatic carbocycles. The van der Waals surface area contributed by atoms with Gasteiger partial charge in [0.15, 0.2) is 0 Å². The van der Waals surface area contributed by atoms with Crippen molar-refractivity contribution in [2.75, 3.05) is 6.54 Å². The molecule has 0 radical (unpaired) electrons. The van der Waals surface area contributed by atoms with Gasteiger partial charge in [-0.25, -0.2) is 0 Å². The second kappa shape index (κ2) is 8.45. The lowest BCUT2D eigenvalue weighted by atomic mass is 9.89. The van der Waals surface area contributed by atoms with Crippen LogP contribution in [0.15, 0.2) is 29.2 Å². The van der Waals surface area contributed by atoms with E-state index in [9.17, 15) is 4.79 Å². The minimum atomic E-state index is -0.119. The Morgan fingerprint density at radius 1 is 1.36 bits per heavy atom. The summed E-state index contributed by atoms with van der Waals surface area (Å²) in [6, 6.07) is 3.81. The number of carbonyl (C=O) groups is 1. The molecular formula is C24H28ClNO2. The third-order valence-electron chi connectivity index (χ3n) is 5.53. The number of amides is 1. The van der Waals surface area contributed by atoms with Crippen molar-refractivity contribution < 1.29 is 9.53 Å². The number of aryl methyl sites for hydroxylation is 1. The molecule has 1 aromatic rings.